The van der Waals surface area contributed by atoms with Crippen LogP contribution in [0, 0.1) is 5.41 Å². The molecule has 1 aliphatic rings. The van der Waals surface area contributed by atoms with Crippen molar-refractivity contribution in [3.05, 3.63) is 11.3 Å². The van der Waals surface area contributed by atoms with Crippen LogP contribution < -0.4 is 0 Å². The van der Waals surface area contributed by atoms with Gasteiger partial charge in [-0.05, 0) is 40.2 Å². The van der Waals surface area contributed by atoms with Gasteiger partial charge in [-0.25, -0.2) is 4.79 Å². The van der Waals surface area contributed by atoms with Gasteiger partial charge in [0.25, 0.3) is 11.7 Å². The minimum Gasteiger partial charge on any atom is -0.427 e. The molecule has 0 bridgehead atoms. The minimum absolute atomic E-state index is 0.105. The van der Waals surface area contributed by atoms with E-state index in [0.717, 1.165) is 4.90 Å². The van der Waals surface area contributed by atoms with Crippen molar-refractivity contribution in [2.75, 3.05) is 26.9 Å². The Bertz CT molecular complexity index is 707. The van der Waals surface area contributed by atoms with Crippen molar-refractivity contribution in [2.45, 2.75) is 45.8 Å². The summed E-state index contributed by atoms with van der Waals surface area (Å²) in [6, 6.07) is 0. The maximum atomic E-state index is 12.8. The highest BCUT2D eigenvalue weighted by molar-refractivity contribution is 8.14. The third-order valence-electron chi connectivity index (χ3n) is 3.94. The number of likely N-dealkylation sites (tertiary alicyclic amines) is 1. The number of amides is 1. The molecule has 0 aromatic heterocycles. The number of nitrogens with zero attached hydrogens (tertiary/aromatic N) is 1. The first-order valence-corrected chi connectivity index (χ1v) is 10.00. The lowest BCUT2D eigenvalue weighted by Crippen LogP contribution is -2.74. The van der Waals surface area contributed by atoms with E-state index in [1.54, 1.807) is 34.6 Å². The Hall–Kier alpha value is -1.62. The highest BCUT2D eigenvalue weighted by Crippen LogP contribution is 2.45. The summed E-state index contributed by atoms with van der Waals surface area (Å²) in [5.74, 6) is -4.18. The molecule has 0 unspecified atom stereocenters. The Morgan fingerprint density at radius 3 is 2.10 bits per heavy atom. The normalized spacial score (nSPS) is 18.0. The number of hydrogen-bond acceptors (Lipinski definition) is 9. The molecule has 1 heterocycles. The van der Waals surface area contributed by atoms with Crippen LogP contribution in [0.3, 0.4) is 0 Å². The lowest BCUT2D eigenvalue weighted by Gasteiger charge is -2.52. The van der Waals surface area contributed by atoms with E-state index in [9.17, 15) is 19.2 Å². The van der Waals surface area contributed by atoms with Gasteiger partial charge in [0.15, 0.2) is 5.37 Å². The second-order valence-corrected chi connectivity index (χ2v) is 8.71. The fourth-order valence-electron chi connectivity index (χ4n) is 2.41. The Morgan fingerprint density at radius 2 is 1.69 bits per heavy atom. The molecule has 0 N–H and O–H groups in total. The van der Waals surface area contributed by atoms with E-state index in [1.807, 2.05) is 0 Å². The summed E-state index contributed by atoms with van der Waals surface area (Å²) in [7, 11) is 2.51. The number of ether oxygens (including phenoxy) is 4. The zero-order chi connectivity index (χ0) is 22.6. The Balaban J connectivity index is 3.06. The zero-order valence-corrected chi connectivity index (χ0v) is 19.1. The standard InChI is InChI=1S/C18H26ClNO8S/c1-10(2)12(13(22)27-9-28-16(24)17(3,4)5)20-14(23)18(25-6,26-7)15(20)29-11(21)8-19/h15H,8-9H2,1-7H3/t15-/m1/s1. The molecule has 29 heavy (non-hydrogen) atoms. The number of rotatable bonds is 8. The van der Waals surface area contributed by atoms with Crippen molar-refractivity contribution in [3.63, 3.8) is 0 Å². The van der Waals surface area contributed by atoms with Crippen molar-refractivity contribution in [1.82, 2.24) is 4.90 Å². The fraction of sp³-hybridized carbons (Fsp3) is 0.667. The number of alkyl halides is 1. The lowest BCUT2D eigenvalue weighted by molar-refractivity contribution is -0.260. The highest BCUT2D eigenvalue weighted by atomic mass is 35.5. The van der Waals surface area contributed by atoms with E-state index in [2.05, 4.69) is 0 Å². The van der Waals surface area contributed by atoms with Gasteiger partial charge in [0.05, 0.1) is 11.3 Å². The highest BCUT2D eigenvalue weighted by Gasteiger charge is 2.66. The van der Waals surface area contributed by atoms with Gasteiger partial charge in [-0.15, -0.1) is 11.6 Å². The molecular formula is C18H26ClNO8S. The van der Waals surface area contributed by atoms with Gasteiger partial charge in [-0.3, -0.25) is 19.3 Å². The minimum atomic E-state index is -1.74. The summed E-state index contributed by atoms with van der Waals surface area (Å²) in [6.45, 7) is 7.53. The molecule has 1 saturated heterocycles. The van der Waals surface area contributed by atoms with E-state index < -0.39 is 46.3 Å². The first-order valence-electron chi connectivity index (χ1n) is 8.58. The van der Waals surface area contributed by atoms with Gasteiger partial charge < -0.3 is 18.9 Å². The topological polar surface area (TPSA) is 108 Å². The van der Waals surface area contributed by atoms with Crippen LogP contribution in [0.2, 0.25) is 0 Å². The summed E-state index contributed by atoms with van der Waals surface area (Å²) in [5, 5.41) is -1.43. The molecule has 11 heteroatoms. The average molecular weight is 452 g/mol. The third kappa shape index (κ3) is 5.30. The molecule has 0 saturated carbocycles. The smallest absolute Gasteiger partial charge is 0.357 e. The number of carbonyl (C=O) groups is 4. The molecular weight excluding hydrogens is 426 g/mol. The van der Waals surface area contributed by atoms with Crippen LogP contribution >= 0.6 is 23.4 Å². The summed E-state index contributed by atoms with van der Waals surface area (Å²) < 4.78 is 20.4. The predicted octanol–water partition coefficient (Wildman–Crippen LogP) is 2.03. The number of carbonyl (C=O) groups excluding carboxylic acids is 4. The van der Waals surface area contributed by atoms with E-state index in [-0.39, 0.29) is 11.6 Å². The van der Waals surface area contributed by atoms with Crippen molar-refractivity contribution >= 4 is 46.3 Å². The maximum Gasteiger partial charge on any atom is 0.357 e. The monoisotopic (exact) mass is 451 g/mol. The molecule has 164 valence electrons. The van der Waals surface area contributed by atoms with Gasteiger partial charge in [-0.2, -0.15) is 0 Å². The number of thioether (sulfide) groups is 1. The molecule has 0 aromatic carbocycles. The van der Waals surface area contributed by atoms with Crippen LogP contribution in [0.1, 0.15) is 34.6 Å². The van der Waals surface area contributed by atoms with Crippen molar-refractivity contribution in [2.24, 2.45) is 5.41 Å². The van der Waals surface area contributed by atoms with Crippen LogP contribution in [0.15, 0.2) is 11.3 Å². The maximum absolute atomic E-state index is 12.8. The quantitative estimate of drug-likeness (QED) is 0.180. The summed E-state index contributed by atoms with van der Waals surface area (Å²) >= 11 is 6.28. The van der Waals surface area contributed by atoms with Crippen molar-refractivity contribution in [1.29, 1.82) is 0 Å². The first kappa shape index (κ1) is 25.4. The predicted molar refractivity (Wildman–Crippen MR) is 106 cm³/mol. The van der Waals surface area contributed by atoms with Crippen LogP contribution in [0.25, 0.3) is 0 Å². The number of methoxy groups -OCH3 is 2. The molecule has 1 amide bonds. The SMILES string of the molecule is COC1(OC)C(=O)N(C(C(=O)OCOC(=O)C(C)(C)C)=C(C)C)[C@@H]1SC(=O)CCl. The van der Waals surface area contributed by atoms with Crippen LogP contribution in [-0.2, 0) is 38.1 Å². The van der Waals surface area contributed by atoms with Crippen LogP contribution in [0.5, 0.6) is 0 Å². The second-order valence-electron chi connectivity index (χ2n) is 7.31. The van der Waals surface area contributed by atoms with Gasteiger partial charge in [0, 0.05) is 14.2 Å². The van der Waals surface area contributed by atoms with Crippen molar-refractivity contribution < 1.29 is 38.1 Å². The third-order valence-corrected chi connectivity index (χ3v) is 5.49. The van der Waals surface area contributed by atoms with E-state index >= 15 is 0 Å². The molecule has 0 spiro atoms. The van der Waals surface area contributed by atoms with Gasteiger partial charge in [0.2, 0.25) is 11.9 Å². The van der Waals surface area contributed by atoms with E-state index in [4.69, 9.17) is 30.5 Å². The number of hydrogen-bond donors (Lipinski definition) is 0. The largest absolute Gasteiger partial charge is 0.427 e. The molecule has 9 nitrogen and oxygen atoms in total. The first-order chi connectivity index (χ1) is 13.4. The molecule has 1 aliphatic heterocycles. The van der Waals surface area contributed by atoms with Gasteiger partial charge >= 0.3 is 11.9 Å². The van der Waals surface area contributed by atoms with E-state index in [1.165, 1.54) is 14.2 Å². The molecule has 1 atom stereocenters. The van der Waals surface area contributed by atoms with Crippen molar-refractivity contribution in [3.8, 4) is 0 Å². The second kappa shape index (κ2) is 9.92. The number of allylic oxidation sites excluding steroid dienone is 1. The molecule has 1 rings (SSSR count). The van der Waals surface area contributed by atoms with Crippen LogP contribution in [0.4, 0.5) is 0 Å². The Kier molecular flexibility index (Phi) is 8.70. The summed E-state index contributed by atoms with van der Waals surface area (Å²) in [6.07, 6.45) is 0. The summed E-state index contributed by atoms with van der Waals surface area (Å²) in [4.78, 5) is 50.1. The number of β-lactam (4-membered cyclic amide) rings is 1. The van der Waals surface area contributed by atoms with Gasteiger partial charge in [0.1, 0.15) is 5.70 Å². The Labute approximate surface area is 179 Å². The molecule has 0 aromatic rings. The van der Waals surface area contributed by atoms with Gasteiger partial charge in [-0.1, -0.05) is 11.8 Å². The molecule has 0 radical (unpaired) electrons. The number of halogens is 1. The molecule has 1 fully saturated rings. The zero-order valence-electron chi connectivity index (χ0n) is 17.5. The molecule has 0 aliphatic carbocycles. The van der Waals surface area contributed by atoms with Crippen LogP contribution in [-0.4, -0.2) is 65.9 Å². The number of esters is 2. The Morgan fingerprint density at radius 1 is 1.14 bits per heavy atom. The lowest BCUT2D eigenvalue weighted by atomic mass is 9.98. The fourth-order valence-corrected chi connectivity index (χ4v) is 3.67. The summed E-state index contributed by atoms with van der Waals surface area (Å²) in [5.41, 5.74) is -0.430. The van der Waals surface area contributed by atoms with E-state index in [0.29, 0.717) is 17.3 Å². The average Bonchev–Trinajstić information content (AvgIpc) is 2.64.